The Morgan fingerprint density at radius 1 is 1.10 bits per heavy atom. The molecule has 30 heavy (non-hydrogen) atoms. The number of carbonyl (C=O) groups excluding carboxylic acids is 2. The van der Waals surface area contributed by atoms with Crippen LogP contribution in [0.15, 0.2) is 48.5 Å². The molecule has 0 bridgehead atoms. The number of nitrogens with two attached hydrogens (primary N) is 1. The molecule has 3 N–H and O–H groups in total. The van der Waals surface area contributed by atoms with Crippen molar-refractivity contribution in [3.63, 3.8) is 0 Å². The highest BCUT2D eigenvalue weighted by molar-refractivity contribution is 7.20. The maximum atomic E-state index is 13.2. The molecule has 6 heteroatoms. The number of nitrogens with one attached hydrogen (secondary N) is 1. The number of aromatic nitrogens is 1. The van der Waals surface area contributed by atoms with Crippen LogP contribution in [0.2, 0.25) is 0 Å². The van der Waals surface area contributed by atoms with Crippen LogP contribution in [-0.4, -0.2) is 29.3 Å². The van der Waals surface area contributed by atoms with E-state index in [1.165, 1.54) is 22.5 Å². The second-order valence-electron chi connectivity index (χ2n) is 7.91. The molecule has 0 spiro atoms. The maximum absolute atomic E-state index is 13.2. The summed E-state index contributed by atoms with van der Waals surface area (Å²) in [5.74, 6) is -0.227. The van der Waals surface area contributed by atoms with Crippen LogP contribution in [0.1, 0.15) is 46.6 Å². The standard InChI is InChI=1S/C24H27N3O2S/c25-14-6-5-10-20(22(28)24-27-19-9-3-4-11-21(19)30-24)26-23(29)18-13-12-16-7-1-2-8-17(16)15-18/h1-4,7-9,11,18,20H,5-6,10,12-15,25H2,(H,26,29). The molecule has 1 amide bonds. The summed E-state index contributed by atoms with van der Waals surface area (Å²) in [5.41, 5.74) is 9.02. The fourth-order valence-corrected chi connectivity index (χ4v) is 5.06. The molecule has 0 aliphatic heterocycles. The normalized spacial score (nSPS) is 16.8. The number of carbonyl (C=O) groups is 2. The van der Waals surface area contributed by atoms with Crippen LogP contribution in [0, 0.1) is 5.92 Å². The summed E-state index contributed by atoms with van der Waals surface area (Å²) in [4.78, 5) is 30.8. The molecule has 1 aliphatic carbocycles. The third kappa shape index (κ3) is 4.60. The molecule has 4 rings (SSSR count). The highest BCUT2D eigenvalue weighted by Gasteiger charge is 2.29. The van der Waals surface area contributed by atoms with Crippen LogP contribution in [0.25, 0.3) is 10.2 Å². The van der Waals surface area contributed by atoms with Gasteiger partial charge in [0, 0.05) is 5.92 Å². The molecule has 2 aromatic carbocycles. The van der Waals surface area contributed by atoms with E-state index in [2.05, 4.69) is 22.4 Å². The van der Waals surface area contributed by atoms with Gasteiger partial charge in [-0.2, -0.15) is 0 Å². The second kappa shape index (κ2) is 9.49. The first-order chi connectivity index (χ1) is 14.7. The fraction of sp³-hybridized carbons (Fsp3) is 0.375. The minimum Gasteiger partial charge on any atom is -0.346 e. The number of thiazole rings is 1. The van der Waals surface area contributed by atoms with Gasteiger partial charge in [0.05, 0.1) is 16.3 Å². The summed E-state index contributed by atoms with van der Waals surface area (Å²) in [6.45, 7) is 0.579. The smallest absolute Gasteiger partial charge is 0.224 e. The highest BCUT2D eigenvalue weighted by atomic mass is 32.1. The van der Waals surface area contributed by atoms with Crippen LogP contribution in [-0.2, 0) is 17.6 Å². The topological polar surface area (TPSA) is 85.1 Å². The monoisotopic (exact) mass is 421 g/mol. The van der Waals surface area contributed by atoms with Gasteiger partial charge in [-0.1, -0.05) is 36.4 Å². The van der Waals surface area contributed by atoms with Gasteiger partial charge in [-0.05, 0) is 68.3 Å². The first-order valence-electron chi connectivity index (χ1n) is 10.6. The Morgan fingerprint density at radius 3 is 2.67 bits per heavy atom. The van der Waals surface area contributed by atoms with Crippen molar-refractivity contribution in [2.45, 2.75) is 44.6 Å². The minimum atomic E-state index is -0.554. The molecule has 1 heterocycles. The van der Waals surface area contributed by atoms with E-state index in [1.807, 2.05) is 36.4 Å². The second-order valence-corrected chi connectivity index (χ2v) is 8.94. The predicted molar refractivity (Wildman–Crippen MR) is 121 cm³/mol. The van der Waals surface area contributed by atoms with Crippen LogP contribution in [0.4, 0.5) is 0 Å². The number of rotatable bonds is 8. The average Bonchev–Trinajstić information content (AvgIpc) is 3.22. The zero-order chi connectivity index (χ0) is 20.9. The molecule has 1 aliphatic rings. The van der Waals surface area contributed by atoms with Crippen LogP contribution >= 0.6 is 11.3 Å². The molecule has 5 nitrogen and oxygen atoms in total. The van der Waals surface area contributed by atoms with E-state index in [4.69, 9.17) is 5.73 Å². The van der Waals surface area contributed by atoms with Crippen LogP contribution in [0.3, 0.4) is 0 Å². The lowest BCUT2D eigenvalue weighted by molar-refractivity contribution is -0.125. The van der Waals surface area contributed by atoms with Gasteiger partial charge in [-0.15, -0.1) is 11.3 Å². The van der Waals surface area contributed by atoms with Gasteiger partial charge >= 0.3 is 0 Å². The third-order valence-corrected chi connectivity index (χ3v) is 6.85. The molecule has 2 atom stereocenters. The average molecular weight is 422 g/mol. The first kappa shape index (κ1) is 20.7. The van der Waals surface area contributed by atoms with E-state index in [0.29, 0.717) is 18.0 Å². The Hall–Kier alpha value is -2.57. The number of Topliss-reactive ketones (excluding diaryl/α,β-unsaturated/α-hetero) is 1. The van der Waals surface area contributed by atoms with Gasteiger partial charge in [0.25, 0.3) is 0 Å². The summed E-state index contributed by atoms with van der Waals surface area (Å²) in [6, 6.07) is 15.5. The summed E-state index contributed by atoms with van der Waals surface area (Å²) >= 11 is 1.39. The lowest BCUT2D eigenvalue weighted by Gasteiger charge is -2.26. The van der Waals surface area contributed by atoms with E-state index in [1.54, 1.807) is 0 Å². The van der Waals surface area contributed by atoms with E-state index in [-0.39, 0.29) is 17.6 Å². The van der Waals surface area contributed by atoms with E-state index in [9.17, 15) is 9.59 Å². The van der Waals surface area contributed by atoms with Gasteiger partial charge in [0.2, 0.25) is 11.7 Å². The number of aryl methyl sites for hydroxylation is 1. The van der Waals surface area contributed by atoms with Crippen molar-refractivity contribution in [1.29, 1.82) is 0 Å². The van der Waals surface area contributed by atoms with Gasteiger partial charge in [-0.25, -0.2) is 4.98 Å². The Balaban J connectivity index is 1.49. The molecule has 2 unspecified atom stereocenters. The fourth-order valence-electron chi connectivity index (χ4n) is 4.10. The molecule has 3 aromatic rings. The van der Waals surface area contributed by atoms with Crippen LogP contribution in [0.5, 0.6) is 0 Å². The Bertz CT molecular complexity index is 1010. The number of para-hydroxylation sites is 1. The number of ketones is 1. The largest absolute Gasteiger partial charge is 0.346 e. The van der Waals surface area contributed by atoms with Crippen molar-refractivity contribution < 1.29 is 9.59 Å². The molecule has 0 saturated carbocycles. The molecular weight excluding hydrogens is 394 g/mol. The van der Waals surface area contributed by atoms with Crippen molar-refractivity contribution in [2.24, 2.45) is 11.7 Å². The van der Waals surface area contributed by atoms with E-state index < -0.39 is 6.04 Å². The summed E-state index contributed by atoms with van der Waals surface area (Å²) in [5, 5.41) is 3.52. The zero-order valence-corrected chi connectivity index (χ0v) is 17.8. The molecule has 0 radical (unpaired) electrons. The molecule has 1 aromatic heterocycles. The lowest BCUT2D eigenvalue weighted by Crippen LogP contribution is -2.44. The number of benzene rings is 2. The van der Waals surface area contributed by atoms with Gasteiger partial charge in [-0.3, -0.25) is 9.59 Å². The van der Waals surface area contributed by atoms with Crippen LogP contribution < -0.4 is 11.1 Å². The van der Waals surface area contributed by atoms with Crippen molar-refractivity contribution in [2.75, 3.05) is 6.54 Å². The molecule has 156 valence electrons. The van der Waals surface area contributed by atoms with Gasteiger partial charge in [0.1, 0.15) is 0 Å². The quantitative estimate of drug-likeness (QED) is 0.427. The first-order valence-corrected chi connectivity index (χ1v) is 11.4. The Morgan fingerprint density at radius 2 is 1.87 bits per heavy atom. The molecular formula is C24H27N3O2S. The van der Waals surface area contributed by atoms with E-state index in [0.717, 1.165) is 42.3 Å². The number of fused-ring (bicyclic) bond motifs is 2. The van der Waals surface area contributed by atoms with Crippen molar-refractivity contribution in [3.05, 3.63) is 64.7 Å². The number of hydrogen-bond donors (Lipinski definition) is 2. The van der Waals surface area contributed by atoms with E-state index >= 15 is 0 Å². The zero-order valence-electron chi connectivity index (χ0n) is 17.0. The molecule has 0 saturated heterocycles. The number of hydrogen-bond acceptors (Lipinski definition) is 5. The SMILES string of the molecule is NCCCCC(NC(=O)C1CCc2ccccc2C1)C(=O)c1nc2ccccc2s1. The summed E-state index contributed by atoms with van der Waals surface area (Å²) in [7, 11) is 0. The predicted octanol–water partition coefficient (Wildman–Crippen LogP) is 3.90. The third-order valence-electron chi connectivity index (χ3n) is 5.80. The van der Waals surface area contributed by atoms with Gasteiger partial charge < -0.3 is 11.1 Å². The summed E-state index contributed by atoms with van der Waals surface area (Å²) < 4.78 is 0.983. The van der Waals surface area contributed by atoms with Crippen molar-refractivity contribution in [1.82, 2.24) is 10.3 Å². The lowest BCUT2D eigenvalue weighted by atomic mass is 9.83. The minimum absolute atomic E-state index is 0.0308. The number of amides is 1. The summed E-state index contributed by atoms with van der Waals surface area (Å²) in [6.07, 6.45) is 4.65. The Labute approximate surface area is 180 Å². The van der Waals surface area contributed by atoms with Crippen molar-refractivity contribution in [3.8, 4) is 0 Å². The molecule has 0 fully saturated rings. The maximum Gasteiger partial charge on any atom is 0.224 e. The van der Waals surface area contributed by atoms with Gasteiger partial charge in [0.15, 0.2) is 5.01 Å². The van der Waals surface area contributed by atoms with Crippen molar-refractivity contribution >= 4 is 33.2 Å². The number of nitrogens with zero attached hydrogens (tertiary/aromatic N) is 1. The number of unbranched alkanes of at least 4 members (excludes halogenated alkanes) is 1. The Kier molecular flexibility index (Phi) is 6.55. The highest BCUT2D eigenvalue weighted by Crippen LogP contribution is 2.27.